The van der Waals surface area contributed by atoms with Gasteiger partial charge in [-0.25, -0.2) is 4.98 Å². The second-order valence-corrected chi connectivity index (χ2v) is 6.66. The number of nitrogens with zero attached hydrogens (tertiary/aromatic N) is 2. The summed E-state index contributed by atoms with van der Waals surface area (Å²) in [7, 11) is 0. The Morgan fingerprint density at radius 2 is 2.33 bits per heavy atom. The molecule has 0 aliphatic carbocycles. The summed E-state index contributed by atoms with van der Waals surface area (Å²) in [6, 6.07) is 8.25. The largest absolute Gasteiger partial charge is 0.356 e. The van der Waals surface area contributed by atoms with Crippen molar-refractivity contribution in [3.05, 3.63) is 29.3 Å². The number of hydrogen-bond acceptors (Lipinski definition) is 4. The van der Waals surface area contributed by atoms with Crippen LogP contribution in [0, 0.1) is 5.92 Å². The van der Waals surface area contributed by atoms with Gasteiger partial charge in [0.2, 0.25) is 5.91 Å². The minimum absolute atomic E-state index is 0.132. The Kier molecular flexibility index (Phi) is 4.51. The lowest BCUT2D eigenvalue weighted by atomic mass is 9.97. The van der Waals surface area contributed by atoms with E-state index >= 15 is 0 Å². The molecule has 4 nitrogen and oxygen atoms in total. The summed E-state index contributed by atoms with van der Waals surface area (Å²) >= 11 is 1.76. The fourth-order valence-corrected chi connectivity index (χ4v) is 3.92. The second-order valence-electron chi connectivity index (χ2n) is 5.54. The molecule has 1 amide bonds. The first-order valence-electron chi connectivity index (χ1n) is 7.61. The maximum absolute atomic E-state index is 12.0. The van der Waals surface area contributed by atoms with E-state index in [9.17, 15) is 4.79 Å². The zero-order valence-electron chi connectivity index (χ0n) is 12.3. The van der Waals surface area contributed by atoms with Crippen molar-refractivity contribution in [1.82, 2.24) is 15.2 Å². The lowest BCUT2D eigenvalue weighted by Crippen LogP contribution is -2.42. The Bertz CT molecular complexity index is 592. The van der Waals surface area contributed by atoms with Gasteiger partial charge < -0.3 is 5.32 Å². The number of thiazole rings is 1. The summed E-state index contributed by atoms with van der Waals surface area (Å²) in [6.45, 7) is 5.45. The first-order chi connectivity index (χ1) is 10.3. The van der Waals surface area contributed by atoms with Crippen molar-refractivity contribution in [2.45, 2.75) is 26.3 Å². The monoisotopic (exact) mass is 303 g/mol. The van der Waals surface area contributed by atoms with Gasteiger partial charge in [0.15, 0.2) is 0 Å². The van der Waals surface area contributed by atoms with Crippen molar-refractivity contribution in [3.8, 4) is 0 Å². The van der Waals surface area contributed by atoms with E-state index < -0.39 is 0 Å². The number of fused-ring (bicyclic) bond motifs is 1. The highest BCUT2D eigenvalue weighted by Gasteiger charge is 2.25. The molecule has 2 heterocycles. The molecule has 5 heteroatoms. The number of hydrogen-bond donors (Lipinski definition) is 1. The molecule has 21 heavy (non-hydrogen) atoms. The van der Waals surface area contributed by atoms with Crippen molar-refractivity contribution in [1.29, 1.82) is 0 Å². The van der Waals surface area contributed by atoms with Crippen LogP contribution < -0.4 is 5.32 Å². The third-order valence-electron chi connectivity index (χ3n) is 3.92. The second kappa shape index (κ2) is 6.54. The molecule has 1 aliphatic heterocycles. The van der Waals surface area contributed by atoms with Gasteiger partial charge in [-0.3, -0.25) is 9.69 Å². The number of carbonyl (C=O) groups excluding carboxylic acids is 1. The smallest absolute Gasteiger partial charge is 0.224 e. The molecule has 0 spiro atoms. The summed E-state index contributed by atoms with van der Waals surface area (Å²) < 4.78 is 1.24. The fourth-order valence-electron chi connectivity index (χ4n) is 2.91. The number of benzene rings is 1. The molecular formula is C16H21N3OS. The molecule has 1 fully saturated rings. The highest BCUT2D eigenvalue weighted by molar-refractivity contribution is 7.18. The molecule has 1 aliphatic rings. The SMILES string of the molecule is CCNC(=O)C1CCCN(Cc2nc3ccccc3s2)C1. The van der Waals surface area contributed by atoms with E-state index in [0.717, 1.165) is 43.0 Å². The van der Waals surface area contributed by atoms with E-state index in [1.165, 1.54) is 4.70 Å². The Hall–Kier alpha value is -1.46. The summed E-state index contributed by atoms with van der Waals surface area (Å²) in [5.41, 5.74) is 1.08. The molecule has 0 saturated carbocycles. The number of likely N-dealkylation sites (tertiary alicyclic amines) is 1. The van der Waals surface area contributed by atoms with Crippen molar-refractivity contribution in [2.75, 3.05) is 19.6 Å². The van der Waals surface area contributed by atoms with Crippen LogP contribution >= 0.6 is 11.3 Å². The number of carbonyl (C=O) groups is 1. The third-order valence-corrected chi connectivity index (χ3v) is 4.95. The van der Waals surface area contributed by atoms with Crippen LogP contribution in [0.4, 0.5) is 0 Å². The van der Waals surface area contributed by atoms with Gasteiger partial charge in [-0.05, 0) is 38.4 Å². The molecular weight excluding hydrogens is 282 g/mol. The van der Waals surface area contributed by atoms with E-state index in [1.807, 2.05) is 13.0 Å². The quantitative estimate of drug-likeness (QED) is 0.944. The van der Waals surface area contributed by atoms with Crippen LogP contribution in [0.15, 0.2) is 24.3 Å². The Labute approximate surface area is 129 Å². The summed E-state index contributed by atoms with van der Waals surface area (Å²) in [6.07, 6.45) is 2.09. The Balaban J connectivity index is 1.65. The van der Waals surface area contributed by atoms with Gasteiger partial charge in [-0.15, -0.1) is 11.3 Å². The van der Waals surface area contributed by atoms with Gasteiger partial charge in [0.25, 0.3) is 0 Å². The van der Waals surface area contributed by atoms with Crippen molar-refractivity contribution < 1.29 is 4.79 Å². The van der Waals surface area contributed by atoms with Crippen LogP contribution in [-0.2, 0) is 11.3 Å². The number of rotatable bonds is 4. The van der Waals surface area contributed by atoms with Gasteiger partial charge in [0.1, 0.15) is 5.01 Å². The topological polar surface area (TPSA) is 45.2 Å². The molecule has 1 atom stereocenters. The van der Waals surface area contributed by atoms with Crippen molar-refractivity contribution in [3.63, 3.8) is 0 Å². The number of aromatic nitrogens is 1. The maximum atomic E-state index is 12.0. The zero-order chi connectivity index (χ0) is 14.7. The van der Waals surface area contributed by atoms with Crippen molar-refractivity contribution in [2.24, 2.45) is 5.92 Å². The molecule has 1 unspecified atom stereocenters. The van der Waals surface area contributed by atoms with Crippen LogP contribution in [0.2, 0.25) is 0 Å². The predicted molar refractivity (Wildman–Crippen MR) is 86.3 cm³/mol. The van der Waals surface area contributed by atoms with Gasteiger partial charge in [0, 0.05) is 13.1 Å². The maximum Gasteiger partial charge on any atom is 0.224 e. The van der Waals surface area contributed by atoms with Crippen molar-refractivity contribution >= 4 is 27.5 Å². The average Bonchev–Trinajstić information content (AvgIpc) is 2.90. The minimum atomic E-state index is 0.132. The van der Waals surface area contributed by atoms with E-state index in [-0.39, 0.29) is 11.8 Å². The van der Waals surface area contributed by atoms with Gasteiger partial charge in [-0.2, -0.15) is 0 Å². The molecule has 0 radical (unpaired) electrons. The molecule has 2 aromatic rings. The fraction of sp³-hybridized carbons (Fsp3) is 0.500. The van der Waals surface area contributed by atoms with E-state index in [1.54, 1.807) is 11.3 Å². The van der Waals surface area contributed by atoms with E-state index in [4.69, 9.17) is 0 Å². The Morgan fingerprint density at radius 3 is 3.14 bits per heavy atom. The number of para-hydroxylation sites is 1. The number of amides is 1. The first kappa shape index (κ1) is 14.5. The number of nitrogens with one attached hydrogen (secondary N) is 1. The highest BCUT2D eigenvalue weighted by Crippen LogP contribution is 2.24. The normalized spacial score (nSPS) is 19.8. The molecule has 1 saturated heterocycles. The molecule has 112 valence electrons. The summed E-state index contributed by atoms with van der Waals surface area (Å²) in [5, 5.41) is 4.09. The minimum Gasteiger partial charge on any atom is -0.356 e. The van der Waals surface area contributed by atoms with Gasteiger partial charge in [-0.1, -0.05) is 12.1 Å². The molecule has 1 aromatic carbocycles. The Morgan fingerprint density at radius 1 is 1.48 bits per heavy atom. The predicted octanol–water partition coefficient (Wildman–Crippen LogP) is 2.64. The third kappa shape index (κ3) is 3.41. The highest BCUT2D eigenvalue weighted by atomic mass is 32.1. The molecule has 3 rings (SSSR count). The molecule has 0 bridgehead atoms. The summed E-state index contributed by atoms with van der Waals surface area (Å²) in [4.78, 5) is 19.0. The van der Waals surface area contributed by atoms with E-state index in [0.29, 0.717) is 6.54 Å². The zero-order valence-corrected chi connectivity index (χ0v) is 13.2. The first-order valence-corrected chi connectivity index (χ1v) is 8.42. The average molecular weight is 303 g/mol. The molecule has 1 N–H and O–H groups in total. The van der Waals surface area contributed by atoms with Crippen LogP contribution in [-0.4, -0.2) is 35.4 Å². The molecule has 1 aromatic heterocycles. The van der Waals surface area contributed by atoms with Gasteiger partial charge in [0.05, 0.1) is 22.7 Å². The lowest BCUT2D eigenvalue weighted by Gasteiger charge is -2.31. The van der Waals surface area contributed by atoms with Crippen LogP contribution in [0.25, 0.3) is 10.2 Å². The van der Waals surface area contributed by atoms with Crippen LogP contribution in [0.1, 0.15) is 24.8 Å². The van der Waals surface area contributed by atoms with Gasteiger partial charge >= 0.3 is 0 Å². The number of piperidine rings is 1. The van der Waals surface area contributed by atoms with E-state index in [2.05, 4.69) is 33.4 Å². The standard InChI is InChI=1S/C16H21N3OS/c1-2-17-16(20)12-6-5-9-19(10-12)11-15-18-13-7-3-4-8-14(13)21-15/h3-4,7-8,12H,2,5-6,9-11H2,1H3,(H,17,20). The van der Waals surface area contributed by atoms with Crippen LogP contribution in [0.5, 0.6) is 0 Å². The lowest BCUT2D eigenvalue weighted by molar-refractivity contribution is -0.126. The van der Waals surface area contributed by atoms with Crippen LogP contribution in [0.3, 0.4) is 0 Å². The summed E-state index contributed by atoms with van der Waals surface area (Å²) in [5.74, 6) is 0.333.